The van der Waals surface area contributed by atoms with E-state index in [1.165, 1.54) is 11.6 Å². The number of hydrogen-bond donors (Lipinski definition) is 3. The lowest BCUT2D eigenvalue weighted by Gasteiger charge is -2.13. The van der Waals surface area contributed by atoms with Crippen LogP contribution < -0.4 is 20.3 Å². The number of hydroxylamine groups is 1. The van der Waals surface area contributed by atoms with E-state index in [9.17, 15) is 9.59 Å². The molecule has 31 heavy (non-hydrogen) atoms. The first-order valence-electron chi connectivity index (χ1n) is 9.14. The predicted octanol–water partition coefficient (Wildman–Crippen LogP) is 4.91. The molecule has 0 radical (unpaired) electrons. The molecule has 3 aromatic rings. The Hall–Kier alpha value is -3.81. The first-order chi connectivity index (χ1) is 15.0. The van der Waals surface area contributed by atoms with Crippen LogP contribution >= 0.6 is 11.6 Å². The molecule has 8 heteroatoms. The van der Waals surface area contributed by atoms with Crippen LogP contribution in [-0.4, -0.2) is 24.1 Å². The molecule has 0 aliphatic carbocycles. The molecule has 0 atom stereocenters. The first kappa shape index (κ1) is 21.9. The number of hydrogen-bond acceptors (Lipinski definition) is 5. The number of rotatable bonds is 7. The van der Waals surface area contributed by atoms with Gasteiger partial charge in [-0.3, -0.25) is 14.8 Å². The Bertz CT molecular complexity index is 1110. The average Bonchev–Trinajstić information content (AvgIpc) is 2.79. The molecule has 0 spiro atoms. The van der Waals surface area contributed by atoms with Crippen molar-refractivity contribution in [1.82, 2.24) is 5.48 Å². The fourth-order valence-corrected chi connectivity index (χ4v) is 2.87. The lowest BCUT2D eigenvalue weighted by atomic mass is 10.1. The number of halogens is 1. The van der Waals surface area contributed by atoms with Crippen LogP contribution in [-0.2, 0) is 4.79 Å². The van der Waals surface area contributed by atoms with E-state index in [1.54, 1.807) is 73.8 Å². The lowest BCUT2D eigenvalue weighted by molar-refractivity contribution is -0.124. The van der Waals surface area contributed by atoms with Gasteiger partial charge in [0.1, 0.15) is 17.2 Å². The Morgan fingerprint density at radius 1 is 1.00 bits per heavy atom. The normalized spacial score (nSPS) is 10.5. The van der Waals surface area contributed by atoms with Crippen LogP contribution in [0, 0.1) is 0 Å². The Kier molecular flexibility index (Phi) is 7.26. The van der Waals surface area contributed by atoms with Crippen molar-refractivity contribution in [2.45, 2.75) is 0 Å². The molecule has 0 aliphatic heterocycles. The van der Waals surface area contributed by atoms with Crippen molar-refractivity contribution >= 4 is 35.2 Å². The summed E-state index contributed by atoms with van der Waals surface area (Å²) in [6.07, 6.45) is 2.54. The second-order valence-corrected chi connectivity index (χ2v) is 6.71. The number of anilines is 1. The van der Waals surface area contributed by atoms with E-state index in [-0.39, 0.29) is 0 Å². The maximum absolute atomic E-state index is 13.0. The average molecular weight is 439 g/mol. The topological polar surface area (TPSA) is 96.9 Å². The summed E-state index contributed by atoms with van der Waals surface area (Å²) in [6.45, 7) is 0. The van der Waals surface area contributed by atoms with Gasteiger partial charge < -0.3 is 14.8 Å². The second-order valence-electron chi connectivity index (χ2n) is 6.27. The van der Waals surface area contributed by atoms with Crippen molar-refractivity contribution in [3.8, 4) is 17.2 Å². The quantitative estimate of drug-likeness (QED) is 0.276. The van der Waals surface area contributed by atoms with Gasteiger partial charge in [0.05, 0.1) is 12.7 Å². The van der Waals surface area contributed by atoms with Gasteiger partial charge in [-0.2, -0.15) is 0 Å². The van der Waals surface area contributed by atoms with Gasteiger partial charge in [0, 0.05) is 16.8 Å². The molecule has 0 aliphatic rings. The van der Waals surface area contributed by atoms with Gasteiger partial charge in [-0.25, -0.2) is 5.48 Å². The van der Waals surface area contributed by atoms with E-state index in [1.807, 2.05) is 0 Å². The molecule has 2 amide bonds. The monoisotopic (exact) mass is 438 g/mol. The molecular weight excluding hydrogens is 420 g/mol. The highest BCUT2D eigenvalue weighted by molar-refractivity contribution is 6.31. The first-order valence-corrected chi connectivity index (χ1v) is 9.52. The molecule has 0 unspecified atom stereocenters. The van der Waals surface area contributed by atoms with Crippen LogP contribution in [0.25, 0.3) is 6.08 Å². The minimum absolute atomic E-state index is 0.316. The van der Waals surface area contributed by atoms with Gasteiger partial charge in [-0.15, -0.1) is 0 Å². The Labute approximate surface area is 183 Å². The molecule has 0 fully saturated rings. The van der Waals surface area contributed by atoms with Crippen LogP contribution in [0.15, 0.2) is 72.8 Å². The molecule has 3 rings (SSSR count). The van der Waals surface area contributed by atoms with Crippen molar-refractivity contribution in [3.63, 3.8) is 0 Å². The summed E-state index contributed by atoms with van der Waals surface area (Å²) in [5.74, 6) is 0.488. The number of benzene rings is 3. The molecule has 0 saturated heterocycles. The van der Waals surface area contributed by atoms with Crippen LogP contribution in [0.3, 0.4) is 0 Å². The summed E-state index contributed by atoms with van der Waals surface area (Å²) >= 11 is 6.03. The number of amides is 2. The Morgan fingerprint density at radius 2 is 1.71 bits per heavy atom. The summed E-state index contributed by atoms with van der Waals surface area (Å²) in [5, 5.41) is 11.9. The molecule has 158 valence electrons. The smallest absolute Gasteiger partial charge is 0.267 e. The predicted molar refractivity (Wildman–Crippen MR) is 118 cm³/mol. The SMILES string of the molecule is COc1ccc(Oc2ccccc2C(=O)Nc2ccc(Cl)cc2/C=C/C(=O)NO)cc1. The van der Waals surface area contributed by atoms with E-state index < -0.39 is 11.8 Å². The summed E-state index contributed by atoms with van der Waals surface area (Å²) in [6, 6.07) is 18.6. The minimum Gasteiger partial charge on any atom is -0.497 e. The Balaban J connectivity index is 1.84. The maximum Gasteiger partial charge on any atom is 0.267 e. The fourth-order valence-electron chi connectivity index (χ4n) is 2.69. The summed E-state index contributed by atoms with van der Waals surface area (Å²) in [5.41, 5.74) is 2.73. The minimum atomic E-state index is -0.713. The number of nitrogens with one attached hydrogen (secondary N) is 2. The largest absolute Gasteiger partial charge is 0.497 e. The van der Waals surface area contributed by atoms with Gasteiger partial charge in [0.2, 0.25) is 0 Å². The summed E-state index contributed by atoms with van der Waals surface area (Å²) in [7, 11) is 1.58. The highest BCUT2D eigenvalue weighted by Gasteiger charge is 2.15. The molecule has 0 aromatic heterocycles. The van der Waals surface area contributed by atoms with Gasteiger partial charge >= 0.3 is 0 Å². The molecule has 3 aromatic carbocycles. The lowest BCUT2D eigenvalue weighted by Crippen LogP contribution is -2.15. The van der Waals surface area contributed by atoms with E-state index in [4.69, 9.17) is 26.3 Å². The van der Waals surface area contributed by atoms with Crippen molar-refractivity contribution in [2.75, 3.05) is 12.4 Å². The van der Waals surface area contributed by atoms with Crippen molar-refractivity contribution < 1.29 is 24.3 Å². The van der Waals surface area contributed by atoms with Crippen LogP contribution in [0.5, 0.6) is 17.2 Å². The van der Waals surface area contributed by atoms with Gasteiger partial charge in [-0.05, 0) is 66.2 Å². The summed E-state index contributed by atoms with van der Waals surface area (Å²) in [4.78, 5) is 24.3. The van der Waals surface area contributed by atoms with Crippen LogP contribution in [0.2, 0.25) is 5.02 Å². The molecule has 7 nitrogen and oxygen atoms in total. The van der Waals surface area contributed by atoms with Crippen molar-refractivity contribution in [1.29, 1.82) is 0 Å². The number of ether oxygens (including phenoxy) is 2. The number of carbonyl (C=O) groups excluding carboxylic acids is 2. The number of methoxy groups -OCH3 is 1. The molecule has 0 heterocycles. The third-order valence-corrected chi connectivity index (χ3v) is 4.44. The van der Waals surface area contributed by atoms with Crippen LogP contribution in [0.1, 0.15) is 15.9 Å². The van der Waals surface area contributed by atoms with E-state index in [0.29, 0.717) is 39.1 Å². The standard InChI is InChI=1S/C23H19ClN2O5/c1-30-17-8-10-18(11-9-17)31-21-5-3-2-4-19(21)23(28)25-20-12-7-16(24)14-15(20)6-13-22(27)26-29/h2-14,29H,1H3,(H,25,28)(H,26,27)/b13-6+. The zero-order chi connectivity index (χ0) is 22.2. The van der Waals surface area contributed by atoms with E-state index in [0.717, 1.165) is 6.08 Å². The van der Waals surface area contributed by atoms with Crippen LogP contribution in [0.4, 0.5) is 5.69 Å². The molecule has 3 N–H and O–H groups in total. The second kappa shape index (κ2) is 10.3. The maximum atomic E-state index is 13.0. The van der Waals surface area contributed by atoms with E-state index in [2.05, 4.69) is 5.32 Å². The highest BCUT2D eigenvalue weighted by atomic mass is 35.5. The fraction of sp³-hybridized carbons (Fsp3) is 0.0435. The number of para-hydroxylation sites is 1. The Morgan fingerprint density at radius 3 is 2.42 bits per heavy atom. The van der Waals surface area contributed by atoms with Gasteiger partial charge in [0.15, 0.2) is 0 Å². The van der Waals surface area contributed by atoms with E-state index >= 15 is 0 Å². The van der Waals surface area contributed by atoms with Gasteiger partial charge in [-0.1, -0.05) is 23.7 Å². The molecule has 0 bridgehead atoms. The third kappa shape index (κ3) is 5.85. The zero-order valence-corrected chi connectivity index (χ0v) is 17.2. The number of carbonyl (C=O) groups is 2. The molecular formula is C23H19ClN2O5. The van der Waals surface area contributed by atoms with Crippen molar-refractivity contribution in [2.24, 2.45) is 0 Å². The zero-order valence-electron chi connectivity index (χ0n) is 16.5. The van der Waals surface area contributed by atoms with Crippen molar-refractivity contribution in [3.05, 3.63) is 89.0 Å². The summed E-state index contributed by atoms with van der Waals surface area (Å²) < 4.78 is 11.0. The molecule has 0 saturated carbocycles. The highest BCUT2D eigenvalue weighted by Crippen LogP contribution is 2.28. The third-order valence-electron chi connectivity index (χ3n) is 4.21. The van der Waals surface area contributed by atoms with Gasteiger partial charge in [0.25, 0.3) is 11.8 Å².